The lowest BCUT2D eigenvalue weighted by Crippen LogP contribution is -2.08. The van der Waals surface area contributed by atoms with E-state index in [9.17, 15) is 5.11 Å². The molecule has 0 radical (unpaired) electrons. The molecule has 1 N–H and O–H groups in total. The van der Waals surface area contributed by atoms with Gasteiger partial charge in [-0.2, -0.15) is 0 Å². The first kappa shape index (κ1) is 11.2. The van der Waals surface area contributed by atoms with Crippen LogP contribution in [-0.2, 0) is 0 Å². The van der Waals surface area contributed by atoms with Crippen LogP contribution in [0.25, 0.3) is 11.0 Å². The summed E-state index contributed by atoms with van der Waals surface area (Å²) in [5.74, 6) is 1.08. The predicted molar refractivity (Wildman–Crippen MR) is 65.4 cm³/mol. The molecule has 2 atom stereocenters. The van der Waals surface area contributed by atoms with Crippen molar-refractivity contribution in [2.24, 2.45) is 5.92 Å². The average molecular weight is 218 g/mol. The maximum atomic E-state index is 10.3. The molecule has 2 aromatic rings. The van der Waals surface area contributed by atoms with Crippen LogP contribution in [0.15, 0.2) is 28.7 Å². The minimum Gasteiger partial charge on any atom is -0.461 e. The molecule has 1 aromatic heterocycles. The monoisotopic (exact) mass is 218 g/mol. The van der Waals surface area contributed by atoms with Crippen molar-refractivity contribution >= 4 is 11.0 Å². The first-order valence-corrected chi connectivity index (χ1v) is 5.81. The van der Waals surface area contributed by atoms with Crippen LogP contribution < -0.4 is 0 Å². The van der Waals surface area contributed by atoms with Crippen LogP contribution in [0, 0.1) is 12.8 Å². The minimum atomic E-state index is -0.436. The molecule has 2 heteroatoms. The molecule has 0 aliphatic carbocycles. The van der Waals surface area contributed by atoms with Gasteiger partial charge in [0.2, 0.25) is 0 Å². The van der Waals surface area contributed by atoms with E-state index in [-0.39, 0.29) is 5.92 Å². The Kier molecular flexibility index (Phi) is 3.01. The van der Waals surface area contributed by atoms with Gasteiger partial charge in [-0.05, 0) is 18.9 Å². The first-order chi connectivity index (χ1) is 7.65. The Labute approximate surface area is 95.9 Å². The first-order valence-electron chi connectivity index (χ1n) is 5.81. The molecule has 0 saturated heterocycles. The van der Waals surface area contributed by atoms with Crippen molar-refractivity contribution in [2.75, 3.05) is 0 Å². The summed E-state index contributed by atoms with van der Waals surface area (Å²) in [7, 11) is 0. The van der Waals surface area contributed by atoms with E-state index < -0.39 is 6.10 Å². The Balaban J connectivity index is 2.54. The summed E-state index contributed by atoms with van der Waals surface area (Å²) in [4.78, 5) is 0. The van der Waals surface area contributed by atoms with E-state index in [0.29, 0.717) is 0 Å². The summed E-state index contributed by atoms with van der Waals surface area (Å²) >= 11 is 0. The Morgan fingerprint density at radius 2 is 2.00 bits per heavy atom. The van der Waals surface area contributed by atoms with Crippen LogP contribution in [0.5, 0.6) is 0 Å². The highest BCUT2D eigenvalue weighted by molar-refractivity contribution is 5.82. The van der Waals surface area contributed by atoms with Crippen molar-refractivity contribution in [3.63, 3.8) is 0 Å². The summed E-state index contributed by atoms with van der Waals surface area (Å²) < 4.78 is 5.65. The molecule has 86 valence electrons. The third-order valence-corrected chi connectivity index (χ3v) is 3.30. The number of fused-ring (bicyclic) bond motifs is 1. The van der Waals surface area contributed by atoms with Crippen molar-refractivity contribution in [2.45, 2.75) is 33.3 Å². The molecule has 0 aliphatic rings. The molecule has 0 fully saturated rings. The fraction of sp³-hybridized carbons (Fsp3) is 0.429. The van der Waals surface area contributed by atoms with Gasteiger partial charge in [-0.15, -0.1) is 0 Å². The lowest BCUT2D eigenvalue weighted by atomic mass is 9.93. The van der Waals surface area contributed by atoms with E-state index in [4.69, 9.17) is 4.42 Å². The number of para-hydroxylation sites is 1. The van der Waals surface area contributed by atoms with Gasteiger partial charge < -0.3 is 9.52 Å². The van der Waals surface area contributed by atoms with Gasteiger partial charge in [-0.1, -0.05) is 38.5 Å². The van der Waals surface area contributed by atoms with E-state index >= 15 is 0 Å². The molecule has 0 bridgehead atoms. The molecule has 0 aliphatic heterocycles. The van der Waals surface area contributed by atoms with E-state index in [1.165, 1.54) is 0 Å². The summed E-state index contributed by atoms with van der Waals surface area (Å²) in [6.07, 6.45) is 0.522. The SMILES string of the molecule is CCC(C)C(O)c1c(C)oc2ccccc12. The topological polar surface area (TPSA) is 33.4 Å². The Bertz CT molecular complexity index is 484. The van der Waals surface area contributed by atoms with Crippen LogP contribution in [0.3, 0.4) is 0 Å². The molecular formula is C14H18O2. The Morgan fingerprint density at radius 3 is 2.69 bits per heavy atom. The molecule has 0 spiro atoms. The number of aryl methyl sites for hydroxylation is 1. The van der Waals surface area contributed by atoms with Crippen LogP contribution in [0.4, 0.5) is 0 Å². The molecule has 16 heavy (non-hydrogen) atoms. The summed E-state index contributed by atoms with van der Waals surface area (Å²) in [5, 5.41) is 11.3. The molecule has 2 rings (SSSR count). The van der Waals surface area contributed by atoms with Gasteiger partial charge >= 0.3 is 0 Å². The highest BCUT2D eigenvalue weighted by Gasteiger charge is 2.22. The zero-order valence-electron chi connectivity index (χ0n) is 10.0. The van der Waals surface area contributed by atoms with Crippen molar-refractivity contribution < 1.29 is 9.52 Å². The number of aliphatic hydroxyl groups excluding tert-OH is 1. The van der Waals surface area contributed by atoms with Crippen molar-refractivity contribution in [3.05, 3.63) is 35.6 Å². The zero-order valence-corrected chi connectivity index (χ0v) is 10.0. The molecular weight excluding hydrogens is 200 g/mol. The highest BCUT2D eigenvalue weighted by Crippen LogP contribution is 2.34. The smallest absolute Gasteiger partial charge is 0.134 e. The number of aliphatic hydroxyl groups is 1. The fourth-order valence-electron chi connectivity index (χ4n) is 2.06. The van der Waals surface area contributed by atoms with Gasteiger partial charge in [-0.25, -0.2) is 0 Å². The Morgan fingerprint density at radius 1 is 1.31 bits per heavy atom. The minimum absolute atomic E-state index is 0.250. The summed E-state index contributed by atoms with van der Waals surface area (Å²) in [6.45, 7) is 6.07. The molecule has 2 unspecified atom stereocenters. The fourth-order valence-corrected chi connectivity index (χ4v) is 2.06. The molecule has 2 nitrogen and oxygen atoms in total. The third kappa shape index (κ3) is 1.74. The normalized spacial score (nSPS) is 15.2. The second kappa shape index (κ2) is 4.30. The van der Waals surface area contributed by atoms with Gasteiger partial charge in [-0.3, -0.25) is 0 Å². The van der Waals surface area contributed by atoms with Crippen LogP contribution >= 0.6 is 0 Å². The number of furan rings is 1. The lowest BCUT2D eigenvalue weighted by molar-refractivity contribution is 0.115. The van der Waals surface area contributed by atoms with Crippen LogP contribution in [0.2, 0.25) is 0 Å². The molecule has 0 amide bonds. The van der Waals surface area contributed by atoms with Crippen LogP contribution in [0.1, 0.15) is 37.7 Å². The van der Waals surface area contributed by atoms with Crippen molar-refractivity contribution in [3.8, 4) is 0 Å². The van der Waals surface area contributed by atoms with E-state index in [1.54, 1.807) is 0 Å². The number of rotatable bonds is 3. The average Bonchev–Trinajstić information content (AvgIpc) is 2.63. The van der Waals surface area contributed by atoms with Gasteiger partial charge in [0, 0.05) is 10.9 Å². The van der Waals surface area contributed by atoms with Gasteiger partial charge in [0.05, 0.1) is 6.10 Å². The second-order valence-corrected chi connectivity index (χ2v) is 4.40. The van der Waals surface area contributed by atoms with E-state index in [1.807, 2.05) is 31.2 Å². The maximum Gasteiger partial charge on any atom is 0.134 e. The van der Waals surface area contributed by atoms with Crippen molar-refractivity contribution in [1.82, 2.24) is 0 Å². The predicted octanol–water partition coefficient (Wildman–Crippen LogP) is 3.82. The number of hydrogen-bond donors (Lipinski definition) is 1. The number of hydrogen-bond acceptors (Lipinski definition) is 2. The quantitative estimate of drug-likeness (QED) is 0.849. The summed E-state index contributed by atoms with van der Waals surface area (Å²) in [5.41, 5.74) is 1.81. The standard InChI is InChI=1S/C14H18O2/c1-4-9(2)14(15)13-10(3)16-12-8-6-5-7-11(12)13/h5-9,14-15H,4H2,1-3H3. The van der Waals surface area contributed by atoms with E-state index in [0.717, 1.165) is 28.7 Å². The molecule has 0 saturated carbocycles. The van der Waals surface area contributed by atoms with Gasteiger partial charge in [0.1, 0.15) is 11.3 Å². The van der Waals surface area contributed by atoms with Crippen LogP contribution in [-0.4, -0.2) is 5.11 Å². The zero-order chi connectivity index (χ0) is 11.7. The largest absolute Gasteiger partial charge is 0.461 e. The second-order valence-electron chi connectivity index (χ2n) is 4.40. The Hall–Kier alpha value is -1.28. The van der Waals surface area contributed by atoms with Gasteiger partial charge in [0.25, 0.3) is 0 Å². The van der Waals surface area contributed by atoms with Gasteiger partial charge in [0.15, 0.2) is 0 Å². The summed E-state index contributed by atoms with van der Waals surface area (Å²) in [6, 6.07) is 7.87. The molecule has 1 aromatic carbocycles. The number of benzene rings is 1. The third-order valence-electron chi connectivity index (χ3n) is 3.30. The lowest BCUT2D eigenvalue weighted by Gasteiger charge is -2.16. The maximum absolute atomic E-state index is 10.3. The highest BCUT2D eigenvalue weighted by atomic mass is 16.3. The van der Waals surface area contributed by atoms with E-state index in [2.05, 4.69) is 13.8 Å². The molecule has 1 heterocycles. The van der Waals surface area contributed by atoms with Crippen molar-refractivity contribution in [1.29, 1.82) is 0 Å².